The van der Waals surface area contributed by atoms with Gasteiger partial charge in [0.15, 0.2) is 11.3 Å². The third-order valence-corrected chi connectivity index (χ3v) is 3.24. The molecule has 0 saturated heterocycles. The van der Waals surface area contributed by atoms with Crippen LogP contribution < -0.4 is 0 Å². The van der Waals surface area contributed by atoms with Gasteiger partial charge in [0.2, 0.25) is 0 Å². The molecule has 0 aliphatic carbocycles. The lowest BCUT2D eigenvalue weighted by Gasteiger charge is -2.03. The van der Waals surface area contributed by atoms with Crippen LogP contribution in [0.3, 0.4) is 0 Å². The molecule has 0 N–H and O–H groups in total. The van der Waals surface area contributed by atoms with Crippen LogP contribution in [0.4, 0.5) is 0 Å². The van der Waals surface area contributed by atoms with E-state index < -0.39 is 0 Å². The fourth-order valence-electron chi connectivity index (χ4n) is 1.98. The molecular weight excluding hydrogens is 260 g/mol. The van der Waals surface area contributed by atoms with Crippen LogP contribution in [0.2, 0.25) is 5.02 Å². The van der Waals surface area contributed by atoms with E-state index in [1.807, 2.05) is 36.4 Å². The summed E-state index contributed by atoms with van der Waals surface area (Å²) in [5.41, 5.74) is 3.33. The Morgan fingerprint density at radius 2 is 2.00 bits per heavy atom. The van der Waals surface area contributed by atoms with E-state index >= 15 is 0 Å². The molecule has 0 fully saturated rings. The topological polar surface area (TPSA) is 54.0 Å². The molecule has 19 heavy (non-hydrogen) atoms. The summed E-state index contributed by atoms with van der Waals surface area (Å²) < 4.78 is 1.55. The molecule has 2 heterocycles. The minimum absolute atomic E-state index is 0.448. The van der Waals surface area contributed by atoms with Crippen LogP contribution in [-0.2, 0) is 0 Å². The highest BCUT2D eigenvalue weighted by Gasteiger charge is 2.11. The standard InChI is InChI=1S/C14H9ClN4/c1-9-13(8-16)19-14(17-9)7-6-12(18-19)10-4-2-3-5-11(10)15/h2-7H,1H3. The summed E-state index contributed by atoms with van der Waals surface area (Å²) >= 11 is 6.16. The molecule has 0 saturated carbocycles. The Balaban J connectivity index is 2.28. The minimum atomic E-state index is 0.448. The Kier molecular flexibility index (Phi) is 2.69. The fraction of sp³-hybridized carbons (Fsp3) is 0.0714. The van der Waals surface area contributed by atoms with Crippen LogP contribution in [0.15, 0.2) is 36.4 Å². The molecule has 0 aliphatic rings. The van der Waals surface area contributed by atoms with E-state index in [0.29, 0.717) is 27.8 Å². The first kappa shape index (κ1) is 11.7. The second-order valence-electron chi connectivity index (χ2n) is 4.13. The highest BCUT2D eigenvalue weighted by molar-refractivity contribution is 6.33. The van der Waals surface area contributed by atoms with Gasteiger partial charge >= 0.3 is 0 Å². The van der Waals surface area contributed by atoms with Crippen LogP contribution in [0.5, 0.6) is 0 Å². The summed E-state index contributed by atoms with van der Waals surface area (Å²) in [6, 6.07) is 13.3. The van der Waals surface area contributed by atoms with E-state index in [1.165, 1.54) is 0 Å². The van der Waals surface area contributed by atoms with E-state index in [9.17, 15) is 0 Å². The first-order valence-corrected chi connectivity index (χ1v) is 6.10. The molecule has 5 heteroatoms. The van der Waals surface area contributed by atoms with E-state index in [4.69, 9.17) is 16.9 Å². The van der Waals surface area contributed by atoms with Gasteiger partial charge in [0.1, 0.15) is 6.07 Å². The number of aromatic nitrogens is 3. The molecule has 2 aromatic heterocycles. The van der Waals surface area contributed by atoms with Gasteiger partial charge in [0.25, 0.3) is 0 Å². The Bertz CT molecular complexity index is 814. The number of rotatable bonds is 1. The van der Waals surface area contributed by atoms with Crippen molar-refractivity contribution in [1.82, 2.24) is 14.6 Å². The third kappa shape index (κ3) is 1.85. The molecule has 4 nitrogen and oxygen atoms in total. The average Bonchev–Trinajstić information content (AvgIpc) is 2.73. The van der Waals surface area contributed by atoms with Crippen molar-refractivity contribution in [3.63, 3.8) is 0 Å². The Hall–Kier alpha value is -2.38. The summed E-state index contributed by atoms with van der Waals surface area (Å²) in [5, 5.41) is 14.2. The van der Waals surface area contributed by atoms with E-state index in [-0.39, 0.29) is 0 Å². The van der Waals surface area contributed by atoms with Crippen molar-refractivity contribution < 1.29 is 0 Å². The Morgan fingerprint density at radius 1 is 1.21 bits per heavy atom. The molecule has 0 atom stereocenters. The van der Waals surface area contributed by atoms with Gasteiger partial charge < -0.3 is 0 Å². The van der Waals surface area contributed by atoms with Gasteiger partial charge in [0, 0.05) is 5.56 Å². The number of nitriles is 1. The van der Waals surface area contributed by atoms with E-state index in [1.54, 1.807) is 11.4 Å². The number of benzene rings is 1. The van der Waals surface area contributed by atoms with Gasteiger partial charge in [-0.25, -0.2) is 9.50 Å². The molecule has 0 radical (unpaired) electrons. The molecule has 1 aromatic carbocycles. The fourth-order valence-corrected chi connectivity index (χ4v) is 2.22. The number of halogens is 1. The largest absolute Gasteiger partial charge is 0.231 e. The number of fused-ring (bicyclic) bond motifs is 1. The molecule has 3 rings (SSSR count). The zero-order chi connectivity index (χ0) is 13.4. The molecule has 0 unspecified atom stereocenters. The van der Waals surface area contributed by atoms with Crippen molar-refractivity contribution in [3.05, 3.63) is 52.8 Å². The molecular formula is C14H9ClN4. The van der Waals surface area contributed by atoms with Crippen molar-refractivity contribution >= 4 is 17.2 Å². The Labute approximate surface area is 114 Å². The second-order valence-corrected chi connectivity index (χ2v) is 4.53. The van der Waals surface area contributed by atoms with Gasteiger partial charge in [0.05, 0.1) is 16.4 Å². The highest BCUT2D eigenvalue weighted by atomic mass is 35.5. The molecule has 3 aromatic rings. The summed E-state index contributed by atoms with van der Waals surface area (Å²) in [7, 11) is 0. The van der Waals surface area contributed by atoms with E-state index in [0.717, 1.165) is 5.56 Å². The van der Waals surface area contributed by atoms with Crippen LogP contribution in [0.1, 0.15) is 11.4 Å². The van der Waals surface area contributed by atoms with Crippen molar-refractivity contribution in [3.8, 4) is 17.3 Å². The molecule has 0 amide bonds. The quantitative estimate of drug-likeness (QED) is 0.681. The normalized spacial score (nSPS) is 10.6. The van der Waals surface area contributed by atoms with Crippen LogP contribution in [0, 0.1) is 18.3 Å². The highest BCUT2D eigenvalue weighted by Crippen LogP contribution is 2.26. The van der Waals surface area contributed by atoms with Gasteiger partial charge in [-0.05, 0) is 25.1 Å². The summed E-state index contributed by atoms with van der Waals surface area (Å²) in [6.07, 6.45) is 0. The number of aryl methyl sites for hydroxylation is 1. The smallest absolute Gasteiger partial charge is 0.165 e. The summed E-state index contributed by atoms with van der Waals surface area (Å²) in [4.78, 5) is 4.29. The maximum atomic E-state index is 9.14. The van der Waals surface area contributed by atoms with Crippen LogP contribution >= 0.6 is 11.6 Å². The predicted molar refractivity (Wildman–Crippen MR) is 72.9 cm³/mol. The van der Waals surface area contributed by atoms with Crippen molar-refractivity contribution in [2.45, 2.75) is 6.92 Å². The maximum Gasteiger partial charge on any atom is 0.165 e. The first-order valence-electron chi connectivity index (χ1n) is 5.72. The molecule has 0 bridgehead atoms. The minimum Gasteiger partial charge on any atom is -0.231 e. The van der Waals surface area contributed by atoms with Crippen molar-refractivity contribution in [1.29, 1.82) is 5.26 Å². The van der Waals surface area contributed by atoms with Gasteiger partial charge in [-0.3, -0.25) is 0 Å². The monoisotopic (exact) mass is 268 g/mol. The van der Waals surface area contributed by atoms with Crippen LogP contribution in [-0.4, -0.2) is 14.6 Å². The summed E-state index contributed by atoms with van der Waals surface area (Å²) in [5.74, 6) is 0. The summed E-state index contributed by atoms with van der Waals surface area (Å²) in [6.45, 7) is 1.79. The average molecular weight is 269 g/mol. The molecule has 0 spiro atoms. The second kappa shape index (κ2) is 4.38. The first-order chi connectivity index (χ1) is 9.20. The van der Waals surface area contributed by atoms with Crippen molar-refractivity contribution in [2.24, 2.45) is 0 Å². The van der Waals surface area contributed by atoms with Gasteiger partial charge in [-0.1, -0.05) is 29.8 Å². The number of imidazole rings is 1. The predicted octanol–water partition coefficient (Wildman–Crippen LogP) is 3.23. The van der Waals surface area contributed by atoms with Gasteiger partial charge in [-0.2, -0.15) is 10.4 Å². The lowest BCUT2D eigenvalue weighted by atomic mass is 10.1. The molecule has 0 aliphatic heterocycles. The lowest BCUT2D eigenvalue weighted by Crippen LogP contribution is -1.97. The van der Waals surface area contributed by atoms with Crippen LogP contribution in [0.25, 0.3) is 16.9 Å². The third-order valence-electron chi connectivity index (χ3n) is 2.91. The zero-order valence-corrected chi connectivity index (χ0v) is 10.9. The lowest BCUT2D eigenvalue weighted by molar-refractivity contribution is 0.924. The SMILES string of the molecule is Cc1nc2ccc(-c3ccccc3Cl)nn2c1C#N. The number of hydrogen-bond donors (Lipinski definition) is 0. The Morgan fingerprint density at radius 3 is 2.74 bits per heavy atom. The molecule has 92 valence electrons. The zero-order valence-electron chi connectivity index (χ0n) is 10.1. The maximum absolute atomic E-state index is 9.14. The van der Waals surface area contributed by atoms with Gasteiger partial charge in [-0.15, -0.1) is 0 Å². The van der Waals surface area contributed by atoms with Crippen molar-refractivity contribution in [2.75, 3.05) is 0 Å². The number of hydrogen-bond acceptors (Lipinski definition) is 3. The number of nitrogens with zero attached hydrogens (tertiary/aromatic N) is 4. The van der Waals surface area contributed by atoms with E-state index in [2.05, 4.69) is 16.2 Å².